The molecular formula is C26H29N5O2. The van der Waals surface area contributed by atoms with Gasteiger partial charge in [-0.1, -0.05) is 37.3 Å². The number of nitrogens with one attached hydrogen (secondary N) is 2. The summed E-state index contributed by atoms with van der Waals surface area (Å²) in [5.74, 6) is 0.630. The zero-order valence-electron chi connectivity index (χ0n) is 18.7. The van der Waals surface area contributed by atoms with Crippen LogP contribution in [-0.2, 0) is 0 Å². The molecule has 1 fully saturated rings. The van der Waals surface area contributed by atoms with Gasteiger partial charge in [-0.2, -0.15) is 0 Å². The maximum absolute atomic E-state index is 13.1. The second-order valence-electron chi connectivity index (χ2n) is 8.78. The highest BCUT2D eigenvalue weighted by molar-refractivity contribution is 5.98. The van der Waals surface area contributed by atoms with E-state index in [-0.39, 0.29) is 24.1 Å². The Morgan fingerprint density at radius 3 is 2.70 bits per heavy atom. The van der Waals surface area contributed by atoms with Crippen molar-refractivity contribution in [3.05, 3.63) is 72.1 Å². The molecule has 3 N–H and O–H groups in total. The van der Waals surface area contributed by atoms with Crippen molar-refractivity contribution in [3.63, 3.8) is 0 Å². The van der Waals surface area contributed by atoms with Crippen molar-refractivity contribution in [1.82, 2.24) is 19.7 Å². The summed E-state index contributed by atoms with van der Waals surface area (Å²) in [7, 11) is 0. The number of rotatable bonds is 6. The Morgan fingerprint density at radius 2 is 1.94 bits per heavy atom. The fourth-order valence-electron chi connectivity index (χ4n) is 4.65. The van der Waals surface area contributed by atoms with Gasteiger partial charge in [-0.15, -0.1) is 0 Å². The van der Waals surface area contributed by atoms with Crippen LogP contribution in [0.15, 0.2) is 60.9 Å². The van der Waals surface area contributed by atoms with Gasteiger partial charge in [-0.3, -0.25) is 9.20 Å². The minimum Gasteiger partial charge on any atom is -0.393 e. The molecule has 170 valence electrons. The van der Waals surface area contributed by atoms with Gasteiger partial charge in [0.25, 0.3) is 5.91 Å². The third-order valence-corrected chi connectivity index (χ3v) is 6.54. The Hall–Kier alpha value is -3.45. The van der Waals surface area contributed by atoms with Crippen molar-refractivity contribution in [3.8, 4) is 0 Å². The summed E-state index contributed by atoms with van der Waals surface area (Å²) in [5.41, 5.74) is 4.06. The van der Waals surface area contributed by atoms with E-state index in [1.165, 1.54) is 0 Å². The first-order valence-corrected chi connectivity index (χ1v) is 11.7. The molecule has 1 saturated carbocycles. The molecule has 1 aliphatic carbocycles. The highest BCUT2D eigenvalue weighted by Crippen LogP contribution is 2.26. The van der Waals surface area contributed by atoms with Crippen LogP contribution in [0.5, 0.6) is 0 Å². The number of benzene rings is 2. The van der Waals surface area contributed by atoms with E-state index in [2.05, 4.69) is 22.5 Å². The lowest BCUT2D eigenvalue weighted by Gasteiger charge is -2.26. The minimum atomic E-state index is -0.196. The smallest absolute Gasteiger partial charge is 0.251 e. The first-order valence-electron chi connectivity index (χ1n) is 11.7. The third-order valence-electron chi connectivity index (χ3n) is 6.54. The highest BCUT2D eigenvalue weighted by atomic mass is 16.3. The summed E-state index contributed by atoms with van der Waals surface area (Å²) < 4.78 is 1.98. The number of fused-ring (bicyclic) bond motifs is 3. The Bertz CT molecular complexity index is 1260. The van der Waals surface area contributed by atoms with Crippen LogP contribution in [0, 0.1) is 0 Å². The van der Waals surface area contributed by atoms with Crippen molar-refractivity contribution >= 4 is 28.4 Å². The molecule has 1 aliphatic rings. The van der Waals surface area contributed by atoms with Crippen molar-refractivity contribution in [2.24, 2.45) is 0 Å². The van der Waals surface area contributed by atoms with Crippen molar-refractivity contribution < 1.29 is 9.90 Å². The molecule has 0 spiro atoms. The van der Waals surface area contributed by atoms with Gasteiger partial charge in [0.05, 0.1) is 23.2 Å². The number of aliphatic hydroxyl groups excluding tert-OH is 1. The van der Waals surface area contributed by atoms with Crippen LogP contribution in [0.1, 0.15) is 61.0 Å². The summed E-state index contributed by atoms with van der Waals surface area (Å²) in [5, 5.41) is 16.5. The van der Waals surface area contributed by atoms with Crippen LogP contribution in [0.25, 0.3) is 16.7 Å². The first kappa shape index (κ1) is 21.4. The van der Waals surface area contributed by atoms with Gasteiger partial charge in [-0.25, -0.2) is 9.97 Å². The largest absolute Gasteiger partial charge is 0.393 e. The van der Waals surface area contributed by atoms with Crippen LogP contribution < -0.4 is 10.6 Å². The van der Waals surface area contributed by atoms with Gasteiger partial charge in [-0.05, 0) is 55.9 Å². The number of anilines is 1. The lowest BCUT2D eigenvalue weighted by Crippen LogP contribution is -2.29. The third kappa shape index (κ3) is 4.41. The minimum absolute atomic E-state index is 0.0404. The fraction of sp³-hybridized carbons (Fsp3) is 0.346. The maximum atomic E-state index is 13.1. The number of hydrogen-bond donors (Lipinski definition) is 3. The maximum Gasteiger partial charge on any atom is 0.251 e. The predicted molar refractivity (Wildman–Crippen MR) is 129 cm³/mol. The van der Waals surface area contributed by atoms with Gasteiger partial charge in [0.2, 0.25) is 0 Å². The molecule has 0 bridgehead atoms. The summed E-state index contributed by atoms with van der Waals surface area (Å²) in [4.78, 5) is 22.4. The van der Waals surface area contributed by atoms with Crippen molar-refractivity contribution in [2.45, 2.75) is 57.2 Å². The first-order chi connectivity index (χ1) is 16.1. The zero-order valence-corrected chi connectivity index (χ0v) is 18.7. The molecule has 7 heteroatoms. The topological polar surface area (TPSA) is 91.5 Å². The lowest BCUT2D eigenvalue weighted by atomic mass is 9.93. The Balaban J connectivity index is 1.43. The number of aliphatic hydroxyl groups is 1. The number of nitrogens with zero attached hydrogens (tertiary/aromatic N) is 3. The van der Waals surface area contributed by atoms with Crippen LogP contribution >= 0.6 is 0 Å². The highest BCUT2D eigenvalue weighted by Gasteiger charge is 2.21. The molecule has 0 radical (unpaired) electrons. The Labute approximate surface area is 192 Å². The number of amides is 1. The van der Waals surface area contributed by atoms with Crippen LogP contribution in [-0.4, -0.2) is 37.5 Å². The molecule has 0 aliphatic heterocycles. The zero-order chi connectivity index (χ0) is 22.8. The molecule has 0 unspecified atom stereocenters. The number of imidazole rings is 1. The quantitative estimate of drug-likeness (QED) is 0.409. The standard InChI is InChI=1S/C26H29N5O2/c1-2-21(17-6-4-3-5-7-17)30-26(33)18-8-13-22-23(16-18)31-15-14-27-25(31)24(29-22)28-19-9-11-20(32)12-10-19/h3-8,13-16,19-21,32H,2,9-12H2,1H3,(H,28,29)(H,30,33)/t19?,20?,21-/m0/s1. The molecule has 4 aromatic rings. The van der Waals surface area contributed by atoms with E-state index in [9.17, 15) is 9.90 Å². The molecule has 2 aromatic heterocycles. The summed E-state index contributed by atoms with van der Waals surface area (Å²) in [6.07, 6.45) is 7.69. The molecule has 1 atom stereocenters. The van der Waals surface area contributed by atoms with Gasteiger partial charge in [0.15, 0.2) is 11.5 Å². The Kier molecular flexibility index (Phi) is 5.96. The summed E-state index contributed by atoms with van der Waals surface area (Å²) in [6.45, 7) is 2.07. The average Bonchev–Trinajstić information content (AvgIpc) is 3.35. The van der Waals surface area contributed by atoms with Crippen molar-refractivity contribution in [1.29, 1.82) is 0 Å². The molecule has 2 aromatic carbocycles. The monoisotopic (exact) mass is 443 g/mol. The van der Waals surface area contributed by atoms with Crippen molar-refractivity contribution in [2.75, 3.05) is 5.32 Å². The van der Waals surface area contributed by atoms with Crippen LogP contribution in [0.3, 0.4) is 0 Å². The van der Waals surface area contributed by atoms with Gasteiger partial charge in [0, 0.05) is 24.0 Å². The van der Waals surface area contributed by atoms with Crippen LogP contribution in [0.2, 0.25) is 0 Å². The van der Waals surface area contributed by atoms with Gasteiger partial charge < -0.3 is 15.7 Å². The SMILES string of the molecule is CC[C@H](NC(=O)c1ccc2nc(NC3CCC(O)CC3)c3nccn3c2c1)c1ccccc1. The number of carbonyl (C=O) groups excluding carboxylic acids is 1. The molecule has 7 nitrogen and oxygen atoms in total. The Morgan fingerprint density at radius 1 is 1.15 bits per heavy atom. The van der Waals surface area contributed by atoms with Gasteiger partial charge in [0.1, 0.15) is 0 Å². The molecule has 0 saturated heterocycles. The number of aromatic nitrogens is 3. The number of hydrogen-bond acceptors (Lipinski definition) is 5. The normalized spacial score (nSPS) is 19.5. The molecular weight excluding hydrogens is 414 g/mol. The molecule has 33 heavy (non-hydrogen) atoms. The fourth-order valence-corrected chi connectivity index (χ4v) is 4.65. The molecule has 1 amide bonds. The predicted octanol–water partition coefficient (Wildman–Crippen LogP) is 4.48. The van der Waals surface area contributed by atoms with E-state index in [0.29, 0.717) is 5.56 Å². The average molecular weight is 444 g/mol. The second-order valence-corrected chi connectivity index (χ2v) is 8.78. The van der Waals surface area contributed by atoms with E-state index in [0.717, 1.165) is 60.2 Å². The van der Waals surface area contributed by atoms with E-state index in [1.807, 2.05) is 59.1 Å². The molecule has 5 rings (SSSR count). The lowest BCUT2D eigenvalue weighted by molar-refractivity contribution is 0.0935. The molecule has 2 heterocycles. The summed E-state index contributed by atoms with van der Waals surface area (Å²) >= 11 is 0. The van der Waals surface area contributed by atoms with E-state index < -0.39 is 0 Å². The van der Waals surface area contributed by atoms with E-state index >= 15 is 0 Å². The summed E-state index contributed by atoms with van der Waals surface area (Å²) in [6, 6.07) is 15.9. The van der Waals surface area contributed by atoms with Gasteiger partial charge >= 0.3 is 0 Å². The second kappa shape index (κ2) is 9.19. The van der Waals surface area contributed by atoms with E-state index in [1.54, 1.807) is 6.20 Å². The van der Waals surface area contributed by atoms with Crippen LogP contribution in [0.4, 0.5) is 5.82 Å². The number of carbonyl (C=O) groups is 1. The van der Waals surface area contributed by atoms with E-state index in [4.69, 9.17) is 4.98 Å².